The Labute approximate surface area is 164 Å². The van der Waals surface area contributed by atoms with Crippen molar-refractivity contribution < 1.29 is 24.5 Å². The Morgan fingerprint density at radius 3 is 2.70 bits per heavy atom. The van der Waals surface area contributed by atoms with Crippen molar-refractivity contribution in [3.05, 3.63) is 52.1 Å². The van der Waals surface area contributed by atoms with Crippen molar-refractivity contribution >= 4 is 29.2 Å². The monoisotopic (exact) mass is 407 g/mol. The highest BCUT2D eigenvalue weighted by Gasteiger charge is 2.19. The Morgan fingerprint density at radius 2 is 2.04 bits per heavy atom. The molecule has 0 amide bonds. The molecule has 2 N–H and O–H groups in total. The fraction of sp³-hybridized carbons (Fsp3) is 0.111. The molecule has 7 nitrogen and oxygen atoms in total. The van der Waals surface area contributed by atoms with Crippen LogP contribution in [0.1, 0.15) is 5.69 Å². The van der Waals surface area contributed by atoms with Crippen LogP contribution in [0.25, 0.3) is 11.3 Å². The minimum Gasteiger partial charge on any atom is -0.546 e. The van der Waals surface area contributed by atoms with E-state index in [1.807, 2.05) is 0 Å². The number of hydrogen-bond donors (Lipinski definition) is 2. The van der Waals surface area contributed by atoms with E-state index in [4.69, 9.17) is 32.7 Å². The van der Waals surface area contributed by atoms with Crippen molar-refractivity contribution in [2.45, 2.75) is 6.92 Å². The number of H-pyrrole nitrogens is 1. The number of aromatic amines is 1. The lowest BCUT2D eigenvalue weighted by molar-refractivity contribution is -0.307. The molecule has 9 heteroatoms. The van der Waals surface area contributed by atoms with Crippen molar-refractivity contribution in [2.24, 2.45) is 0 Å². The summed E-state index contributed by atoms with van der Waals surface area (Å²) in [5.74, 6) is -0.601. The minimum absolute atomic E-state index is 0.163. The number of nitrogens with one attached hydrogen (secondary N) is 1. The van der Waals surface area contributed by atoms with Crippen LogP contribution < -0.4 is 14.6 Å². The fourth-order valence-electron chi connectivity index (χ4n) is 2.34. The maximum atomic E-state index is 10.5. The molecule has 140 valence electrons. The number of carbonyl (C=O) groups is 1. The maximum Gasteiger partial charge on any atom is 0.176 e. The quantitative estimate of drug-likeness (QED) is 0.648. The van der Waals surface area contributed by atoms with E-state index in [0.29, 0.717) is 38.5 Å². The van der Waals surface area contributed by atoms with Crippen LogP contribution in [0, 0.1) is 6.92 Å². The van der Waals surface area contributed by atoms with E-state index in [1.165, 1.54) is 18.2 Å². The normalized spacial score (nSPS) is 10.6. The summed E-state index contributed by atoms with van der Waals surface area (Å²) < 4.78 is 10.9. The van der Waals surface area contributed by atoms with Gasteiger partial charge in [-0.1, -0.05) is 23.2 Å². The van der Waals surface area contributed by atoms with Crippen molar-refractivity contribution in [1.82, 2.24) is 10.2 Å². The van der Waals surface area contributed by atoms with Gasteiger partial charge in [0.25, 0.3) is 0 Å². The predicted octanol–water partition coefficient (Wildman–Crippen LogP) is 3.32. The smallest absolute Gasteiger partial charge is 0.176 e. The standard InChI is InChI=1S/C18H14Cl2N2O5/c1-9-18(27-15-5-2-10(19)6-13(15)20)17(22-21-9)12-4-3-11(7-14(12)23)26-8-16(24)25/h2-7,23H,8H2,1H3,(H,21,22)(H,24,25)/p-1. The van der Waals surface area contributed by atoms with Crippen molar-refractivity contribution in [3.8, 4) is 34.3 Å². The topological polar surface area (TPSA) is 108 Å². The lowest BCUT2D eigenvalue weighted by atomic mass is 10.1. The largest absolute Gasteiger partial charge is 0.546 e. The molecule has 27 heavy (non-hydrogen) atoms. The Kier molecular flexibility index (Phi) is 5.43. The molecule has 0 fully saturated rings. The number of aliphatic carboxylic acids is 1. The zero-order valence-electron chi connectivity index (χ0n) is 14.0. The lowest BCUT2D eigenvalue weighted by Gasteiger charge is -2.11. The highest BCUT2D eigenvalue weighted by atomic mass is 35.5. The van der Waals surface area contributed by atoms with Crippen LogP contribution in [0.3, 0.4) is 0 Å². The van der Waals surface area contributed by atoms with Gasteiger partial charge in [0, 0.05) is 16.7 Å². The summed E-state index contributed by atoms with van der Waals surface area (Å²) in [6.07, 6.45) is 0. The molecule has 0 aliphatic rings. The first-order chi connectivity index (χ1) is 12.8. The Balaban J connectivity index is 1.93. The highest BCUT2D eigenvalue weighted by molar-refractivity contribution is 6.35. The van der Waals surface area contributed by atoms with E-state index in [2.05, 4.69) is 10.2 Å². The number of halogens is 2. The second-order valence-electron chi connectivity index (χ2n) is 5.54. The number of carboxylic acids is 1. The molecular formula is C18H13Cl2N2O5-. The molecule has 0 spiro atoms. The third kappa shape index (κ3) is 4.27. The number of carboxylic acid groups (broad SMARTS) is 1. The molecule has 3 aromatic rings. The van der Waals surface area contributed by atoms with Crippen LogP contribution >= 0.6 is 23.2 Å². The molecule has 0 saturated carbocycles. The molecule has 0 saturated heterocycles. The van der Waals surface area contributed by atoms with Crippen molar-refractivity contribution in [1.29, 1.82) is 0 Å². The summed E-state index contributed by atoms with van der Waals surface area (Å²) in [7, 11) is 0. The van der Waals surface area contributed by atoms with Gasteiger partial charge in [-0.3, -0.25) is 5.10 Å². The first-order valence-corrected chi connectivity index (χ1v) is 8.44. The molecule has 0 atom stereocenters. The molecule has 2 aromatic carbocycles. The van der Waals surface area contributed by atoms with Gasteiger partial charge in [-0.2, -0.15) is 5.10 Å². The van der Waals surface area contributed by atoms with E-state index in [1.54, 1.807) is 25.1 Å². The molecule has 0 aliphatic carbocycles. The summed E-state index contributed by atoms with van der Waals surface area (Å²) in [6, 6.07) is 9.12. The van der Waals surface area contributed by atoms with Crippen molar-refractivity contribution in [3.63, 3.8) is 0 Å². The molecule has 0 unspecified atom stereocenters. The van der Waals surface area contributed by atoms with Crippen LogP contribution in [0.5, 0.6) is 23.0 Å². The molecule has 0 aliphatic heterocycles. The SMILES string of the molecule is Cc1[nH]nc(-c2ccc(OCC(=O)[O-])cc2O)c1Oc1ccc(Cl)cc1Cl. The second-order valence-corrected chi connectivity index (χ2v) is 6.39. The number of phenolic OH excluding ortho intramolecular Hbond substituents is 1. The first kappa shape index (κ1) is 18.9. The molecule has 0 bridgehead atoms. The third-order valence-corrected chi connectivity index (χ3v) is 4.11. The number of aromatic hydroxyl groups is 1. The predicted molar refractivity (Wildman–Crippen MR) is 97.5 cm³/mol. The van der Waals surface area contributed by atoms with E-state index in [9.17, 15) is 15.0 Å². The Morgan fingerprint density at radius 1 is 1.26 bits per heavy atom. The number of benzene rings is 2. The number of nitrogens with zero attached hydrogens (tertiary/aromatic N) is 1. The molecular weight excluding hydrogens is 395 g/mol. The van der Waals surface area contributed by atoms with Crippen molar-refractivity contribution in [2.75, 3.05) is 6.61 Å². The highest BCUT2D eigenvalue weighted by Crippen LogP contribution is 2.41. The summed E-state index contributed by atoms with van der Waals surface area (Å²) >= 11 is 12.0. The lowest BCUT2D eigenvalue weighted by Crippen LogP contribution is -2.28. The summed E-state index contributed by atoms with van der Waals surface area (Å²) in [5, 5.41) is 28.5. The van der Waals surface area contributed by atoms with Gasteiger partial charge in [0.1, 0.15) is 29.5 Å². The zero-order chi connectivity index (χ0) is 19.6. The van der Waals surface area contributed by atoms with E-state index >= 15 is 0 Å². The molecule has 1 aromatic heterocycles. The van der Waals surface area contributed by atoms with Gasteiger partial charge in [0.05, 0.1) is 16.7 Å². The van der Waals surface area contributed by atoms with Crippen LogP contribution in [0.4, 0.5) is 0 Å². The number of carbonyl (C=O) groups excluding carboxylic acids is 1. The van der Waals surface area contributed by atoms with Crippen LogP contribution in [-0.4, -0.2) is 27.9 Å². The number of rotatable bonds is 6. The summed E-state index contributed by atoms with van der Waals surface area (Å²) in [4.78, 5) is 10.5. The molecule has 1 heterocycles. The average molecular weight is 408 g/mol. The van der Waals surface area contributed by atoms with E-state index in [0.717, 1.165) is 0 Å². The number of aryl methyl sites for hydroxylation is 1. The summed E-state index contributed by atoms with van der Waals surface area (Å²) in [5.41, 5.74) is 1.33. The maximum absolute atomic E-state index is 10.5. The van der Waals surface area contributed by atoms with Gasteiger partial charge in [0.15, 0.2) is 5.75 Å². The van der Waals surface area contributed by atoms with Gasteiger partial charge in [-0.05, 0) is 37.3 Å². The van der Waals surface area contributed by atoms with Crippen LogP contribution in [-0.2, 0) is 4.79 Å². The van der Waals surface area contributed by atoms with Crippen LogP contribution in [0.15, 0.2) is 36.4 Å². The average Bonchev–Trinajstić information content (AvgIpc) is 2.96. The van der Waals surface area contributed by atoms with E-state index in [-0.39, 0.29) is 11.5 Å². The number of hydrogen-bond acceptors (Lipinski definition) is 6. The fourth-order valence-corrected chi connectivity index (χ4v) is 2.79. The number of aromatic nitrogens is 2. The van der Waals surface area contributed by atoms with E-state index < -0.39 is 12.6 Å². The first-order valence-electron chi connectivity index (χ1n) is 7.69. The zero-order valence-corrected chi connectivity index (χ0v) is 15.5. The minimum atomic E-state index is -1.36. The number of phenols is 1. The molecule has 0 radical (unpaired) electrons. The Hall–Kier alpha value is -2.90. The number of ether oxygens (including phenoxy) is 2. The second kappa shape index (κ2) is 7.77. The summed E-state index contributed by atoms with van der Waals surface area (Å²) in [6.45, 7) is 1.13. The Bertz CT molecular complexity index is 1000. The van der Waals surface area contributed by atoms with Gasteiger partial charge >= 0.3 is 0 Å². The van der Waals surface area contributed by atoms with Gasteiger partial charge in [-0.15, -0.1) is 0 Å². The third-order valence-electron chi connectivity index (χ3n) is 3.58. The van der Waals surface area contributed by atoms with Gasteiger partial charge in [-0.25, -0.2) is 0 Å². The van der Waals surface area contributed by atoms with Gasteiger partial charge in [0.2, 0.25) is 0 Å². The molecule has 3 rings (SSSR count). The van der Waals surface area contributed by atoms with Gasteiger partial charge < -0.3 is 24.5 Å². The van der Waals surface area contributed by atoms with Crippen LogP contribution in [0.2, 0.25) is 10.0 Å².